The van der Waals surface area contributed by atoms with E-state index in [-0.39, 0.29) is 0 Å². The fraction of sp³-hybridized carbons (Fsp3) is 0.280. The van der Waals surface area contributed by atoms with Crippen LogP contribution in [0.3, 0.4) is 0 Å². The van der Waals surface area contributed by atoms with Crippen molar-refractivity contribution in [3.05, 3.63) is 59.8 Å². The maximum Gasteiger partial charge on any atom is 0.148 e. The molecule has 1 fully saturated rings. The zero-order chi connectivity index (χ0) is 23.2. The van der Waals surface area contributed by atoms with E-state index in [1.165, 1.54) is 6.42 Å². The molecule has 172 valence electrons. The highest BCUT2D eigenvalue weighted by Crippen LogP contribution is 2.35. The lowest BCUT2D eigenvalue weighted by molar-refractivity contribution is 0.202. The lowest BCUT2D eigenvalue weighted by atomic mass is 10.1. The maximum absolute atomic E-state index is 6.74. The van der Waals surface area contributed by atoms with Crippen molar-refractivity contribution in [2.45, 2.75) is 25.8 Å². The first-order valence-electron chi connectivity index (χ1n) is 11.4. The molecule has 0 amide bonds. The van der Waals surface area contributed by atoms with Crippen LogP contribution in [0.15, 0.2) is 48.9 Å². The zero-order valence-electron chi connectivity index (χ0n) is 19.0. The van der Waals surface area contributed by atoms with Gasteiger partial charge in [0.05, 0.1) is 40.7 Å². The average molecular weight is 474 g/mol. The van der Waals surface area contributed by atoms with Gasteiger partial charge in [0, 0.05) is 24.4 Å². The highest BCUT2D eigenvalue weighted by Gasteiger charge is 2.20. The van der Waals surface area contributed by atoms with Crippen molar-refractivity contribution in [3.63, 3.8) is 0 Å². The summed E-state index contributed by atoms with van der Waals surface area (Å²) in [6, 6.07) is 9.77. The minimum Gasteiger partial charge on any atom is -0.456 e. The first kappa shape index (κ1) is 21.1. The Hall–Kier alpha value is -3.49. The molecule has 0 saturated carbocycles. The number of halogens is 1. The van der Waals surface area contributed by atoms with Crippen LogP contribution in [0.4, 0.5) is 0 Å². The van der Waals surface area contributed by atoms with Gasteiger partial charge in [-0.1, -0.05) is 11.6 Å². The third-order valence-corrected chi connectivity index (χ3v) is 6.65. The van der Waals surface area contributed by atoms with E-state index >= 15 is 0 Å². The Kier molecular flexibility index (Phi) is 5.19. The van der Waals surface area contributed by atoms with E-state index in [1.54, 1.807) is 6.20 Å². The summed E-state index contributed by atoms with van der Waals surface area (Å²) in [6.07, 6.45) is 7.97. The molecular weight excluding hydrogens is 450 g/mol. The van der Waals surface area contributed by atoms with Crippen LogP contribution in [0.2, 0.25) is 5.02 Å². The molecule has 0 bridgehead atoms. The van der Waals surface area contributed by atoms with Crippen LogP contribution in [0.5, 0.6) is 11.5 Å². The zero-order valence-corrected chi connectivity index (χ0v) is 19.8. The molecule has 1 atom stereocenters. The van der Waals surface area contributed by atoms with Crippen LogP contribution in [0.1, 0.15) is 24.7 Å². The Labute approximate surface area is 201 Å². The summed E-state index contributed by atoms with van der Waals surface area (Å²) in [5, 5.41) is 5.03. The van der Waals surface area contributed by atoms with Gasteiger partial charge in [-0.05, 0) is 57.6 Å². The summed E-state index contributed by atoms with van der Waals surface area (Å²) in [4.78, 5) is 19.4. The second-order valence-electron chi connectivity index (χ2n) is 8.87. The van der Waals surface area contributed by atoms with Crippen molar-refractivity contribution in [1.82, 2.24) is 34.6 Å². The summed E-state index contributed by atoms with van der Waals surface area (Å²) in [5.41, 5.74) is 4.77. The van der Waals surface area contributed by atoms with Gasteiger partial charge >= 0.3 is 0 Å². The quantitative estimate of drug-likeness (QED) is 0.376. The largest absolute Gasteiger partial charge is 0.456 e. The SMILES string of the molecule is Cc1nc2ccc(Oc3ccc4ncc(-c5cnn(C6CCCN(C)C6)c5)nc4c3Cl)cc2[nH]1. The molecule has 5 aromatic rings. The van der Waals surface area contributed by atoms with Gasteiger partial charge in [-0.25, -0.2) is 9.97 Å². The van der Waals surface area contributed by atoms with Crippen LogP contribution in [-0.2, 0) is 0 Å². The minimum atomic E-state index is 0.375. The Morgan fingerprint density at radius 2 is 2.00 bits per heavy atom. The van der Waals surface area contributed by atoms with Gasteiger partial charge in [-0.2, -0.15) is 5.10 Å². The molecular formula is C25H24ClN7O. The molecule has 0 aliphatic carbocycles. The number of nitrogens with zero attached hydrogens (tertiary/aromatic N) is 6. The molecule has 2 aromatic carbocycles. The number of benzene rings is 2. The van der Waals surface area contributed by atoms with Gasteiger partial charge in [0.15, 0.2) is 0 Å². The first-order valence-corrected chi connectivity index (χ1v) is 11.7. The number of aromatic nitrogens is 6. The second-order valence-corrected chi connectivity index (χ2v) is 9.25. The molecule has 3 aromatic heterocycles. The van der Waals surface area contributed by atoms with E-state index in [0.29, 0.717) is 33.6 Å². The summed E-state index contributed by atoms with van der Waals surface area (Å²) >= 11 is 6.74. The van der Waals surface area contributed by atoms with Crippen LogP contribution in [0, 0.1) is 6.92 Å². The predicted molar refractivity (Wildman–Crippen MR) is 132 cm³/mol. The van der Waals surface area contributed by atoms with Crippen LogP contribution < -0.4 is 4.74 Å². The molecule has 1 saturated heterocycles. The van der Waals surface area contributed by atoms with Gasteiger partial charge in [0.25, 0.3) is 0 Å². The molecule has 1 aliphatic heterocycles. The van der Waals surface area contributed by atoms with Gasteiger partial charge in [-0.15, -0.1) is 0 Å². The fourth-order valence-corrected chi connectivity index (χ4v) is 4.82. The van der Waals surface area contributed by atoms with Gasteiger partial charge in [0.2, 0.25) is 0 Å². The first-order chi connectivity index (χ1) is 16.5. The van der Waals surface area contributed by atoms with Gasteiger partial charge < -0.3 is 14.6 Å². The maximum atomic E-state index is 6.74. The van der Waals surface area contributed by atoms with Gasteiger partial charge in [0.1, 0.15) is 27.9 Å². The summed E-state index contributed by atoms with van der Waals surface area (Å²) in [6.45, 7) is 4.06. The topological polar surface area (TPSA) is 84.8 Å². The van der Waals surface area contributed by atoms with Crippen molar-refractivity contribution in [2.24, 2.45) is 0 Å². The van der Waals surface area contributed by atoms with Crippen molar-refractivity contribution in [2.75, 3.05) is 20.1 Å². The average Bonchev–Trinajstić information content (AvgIpc) is 3.47. The molecule has 9 heteroatoms. The molecule has 4 heterocycles. The number of likely N-dealkylation sites (N-methyl/N-ethyl adjacent to an activating group) is 1. The molecule has 0 spiro atoms. The number of likely N-dealkylation sites (tertiary alicyclic amines) is 1. The summed E-state index contributed by atoms with van der Waals surface area (Å²) < 4.78 is 8.15. The lowest BCUT2D eigenvalue weighted by Crippen LogP contribution is -2.33. The number of hydrogen-bond donors (Lipinski definition) is 1. The molecule has 1 aliphatic rings. The monoisotopic (exact) mass is 473 g/mol. The van der Waals surface area contributed by atoms with E-state index in [4.69, 9.17) is 21.3 Å². The number of imidazole rings is 1. The number of aryl methyl sites for hydroxylation is 1. The summed E-state index contributed by atoms with van der Waals surface area (Å²) in [5.74, 6) is 2.05. The predicted octanol–water partition coefficient (Wildman–Crippen LogP) is 5.39. The second kappa shape index (κ2) is 8.38. The van der Waals surface area contributed by atoms with E-state index in [9.17, 15) is 0 Å². The Morgan fingerprint density at radius 3 is 2.88 bits per heavy atom. The van der Waals surface area contributed by atoms with Crippen LogP contribution in [0.25, 0.3) is 33.3 Å². The molecule has 6 rings (SSSR count). The number of rotatable bonds is 4. The molecule has 0 radical (unpaired) electrons. The third kappa shape index (κ3) is 3.89. The normalized spacial score (nSPS) is 17.0. The number of fused-ring (bicyclic) bond motifs is 2. The standard InChI is InChI=1S/C25H24ClN7O/c1-15-29-19-6-5-18(10-21(19)30-15)34-23-8-7-20-25(24(23)26)31-22(12-27-20)16-11-28-33(13-16)17-4-3-9-32(2)14-17/h5-8,10-13,17H,3-4,9,14H2,1-2H3,(H,29,30). The number of nitrogens with one attached hydrogen (secondary N) is 1. The Balaban J connectivity index is 1.31. The van der Waals surface area contributed by atoms with E-state index < -0.39 is 0 Å². The van der Waals surface area contributed by atoms with Crippen molar-refractivity contribution < 1.29 is 4.74 Å². The molecule has 8 nitrogen and oxygen atoms in total. The van der Waals surface area contributed by atoms with Crippen molar-refractivity contribution in [1.29, 1.82) is 0 Å². The third-order valence-electron chi connectivity index (χ3n) is 6.29. The number of aromatic amines is 1. The van der Waals surface area contributed by atoms with E-state index in [0.717, 1.165) is 47.6 Å². The number of hydrogen-bond acceptors (Lipinski definition) is 6. The van der Waals surface area contributed by atoms with Crippen LogP contribution in [-0.4, -0.2) is 54.8 Å². The smallest absolute Gasteiger partial charge is 0.148 e. The highest BCUT2D eigenvalue weighted by atomic mass is 35.5. The molecule has 1 unspecified atom stereocenters. The fourth-order valence-electron chi connectivity index (χ4n) is 4.58. The minimum absolute atomic E-state index is 0.375. The highest BCUT2D eigenvalue weighted by molar-refractivity contribution is 6.36. The Morgan fingerprint density at radius 1 is 1.12 bits per heavy atom. The molecule has 1 N–H and O–H groups in total. The van der Waals surface area contributed by atoms with E-state index in [1.807, 2.05) is 48.1 Å². The van der Waals surface area contributed by atoms with Crippen molar-refractivity contribution >= 4 is 33.7 Å². The van der Waals surface area contributed by atoms with Crippen LogP contribution >= 0.6 is 11.6 Å². The number of ether oxygens (including phenoxy) is 1. The van der Waals surface area contributed by atoms with Crippen molar-refractivity contribution in [3.8, 4) is 22.8 Å². The van der Waals surface area contributed by atoms with Gasteiger partial charge in [-0.3, -0.25) is 9.67 Å². The Bertz CT molecular complexity index is 1510. The van der Waals surface area contributed by atoms with E-state index in [2.05, 4.69) is 38.2 Å². The summed E-state index contributed by atoms with van der Waals surface area (Å²) in [7, 11) is 2.15. The number of H-pyrrole nitrogens is 1. The molecule has 34 heavy (non-hydrogen) atoms. The lowest BCUT2D eigenvalue weighted by Gasteiger charge is -2.29. The number of piperidine rings is 1.